The number of methoxy groups -OCH3 is 1. The summed E-state index contributed by atoms with van der Waals surface area (Å²) in [5.74, 6) is 0.416. The second-order valence-electron chi connectivity index (χ2n) is 4.38. The van der Waals surface area contributed by atoms with Gasteiger partial charge in [-0.2, -0.15) is 0 Å². The van der Waals surface area contributed by atoms with E-state index in [-0.39, 0.29) is 5.56 Å². The minimum atomic E-state index is -0.451. The molecule has 0 atom stereocenters. The smallest absolute Gasteiger partial charge is 0.337 e. The largest absolute Gasteiger partial charge is 0.465 e. The number of benzene rings is 1. The Hall–Kier alpha value is -3.22. The third-order valence-corrected chi connectivity index (χ3v) is 2.92. The van der Waals surface area contributed by atoms with E-state index in [0.717, 1.165) is 6.20 Å². The second-order valence-corrected chi connectivity index (χ2v) is 4.38. The van der Waals surface area contributed by atoms with E-state index in [9.17, 15) is 9.59 Å². The number of ether oxygens (including phenoxy) is 2. The molecule has 0 saturated heterocycles. The molecule has 0 amide bonds. The van der Waals surface area contributed by atoms with E-state index >= 15 is 0 Å². The highest BCUT2D eigenvalue weighted by atomic mass is 16.5. The molecule has 3 aromatic rings. The van der Waals surface area contributed by atoms with Gasteiger partial charge >= 0.3 is 5.97 Å². The van der Waals surface area contributed by atoms with E-state index < -0.39 is 5.97 Å². The summed E-state index contributed by atoms with van der Waals surface area (Å²) in [6, 6.07) is 8.19. The Kier molecular flexibility index (Phi) is 5.62. The lowest BCUT2D eigenvalue weighted by Crippen LogP contribution is -2.06. The Bertz CT molecular complexity index is 905. The Morgan fingerprint density at radius 1 is 1.17 bits per heavy atom. The molecule has 0 bridgehead atoms. The molecule has 0 aliphatic rings. The normalized spacial score (nSPS) is 9.79. The lowest BCUT2D eigenvalue weighted by atomic mass is 10.2. The maximum Gasteiger partial charge on any atom is 0.337 e. The number of aromatic amines is 1. The fourth-order valence-corrected chi connectivity index (χ4v) is 1.94. The molecule has 0 fully saturated rings. The number of hydrogen-bond acceptors (Lipinski definition) is 6. The zero-order valence-electron chi connectivity index (χ0n) is 13.6. The van der Waals surface area contributed by atoms with Crippen molar-refractivity contribution >= 4 is 17.1 Å². The van der Waals surface area contributed by atoms with Crippen LogP contribution in [-0.2, 0) is 4.74 Å². The summed E-state index contributed by atoms with van der Waals surface area (Å²) in [5, 5.41) is 0. The van der Waals surface area contributed by atoms with Crippen molar-refractivity contribution in [3.05, 3.63) is 58.6 Å². The minimum absolute atomic E-state index is 0.328. The number of nitrogens with zero attached hydrogens (tertiary/aromatic N) is 2. The molecule has 24 heavy (non-hydrogen) atoms. The fourth-order valence-electron chi connectivity index (χ4n) is 1.94. The van der Waals surface area contributed by atoms with E-state index in [1.165, 1.54) is 13.3 Å². The average Bonchev–Trinajstić information content (AvgIpc) is 2.63. The summed E-state index contributed by atoms with van der Waals surface area (Å²) in [6.45, 7) is 4.00. The van der Waals surface area contributed by atoms with E-state index in [1.54, 1.807) is 30.3 Å². The van der Waals surface area contributed by atoms with Crippen LogP contribution in [-0.4, -0.2) is 28.0 Å². The van der Waals surface area contributed by atoms with Gasteiger partial charge in [-0.3, -0.25) is 4.79 Å². The Morgan fingerprint density at radius 3 is 2.71 bits per heavy atom. The number of carbonyl (C=O) groups is 1. The monoisotopic (exact) mass is 327 g/mol. The Morgan fingerprint density at radius 2 is 1.96 bits per heavy atom. The van der Waals surface area contributed by atoms with Crippen LogP contribution >= 0.6 is 0 Å². The van der Waals surface area contributed by atoms with Crippen molar-refractivity contribution in [1.29, 1.82) is 0 Å². The van der Waals surface area contributed by atoms with Gasteiger partial charge in [0.25, 0.3) is 5.56 Å². The van der Waals surface area contributed by atoms with Crippen LogP contribution < -0.4 is 10.3 Å². The molecule has 7 heteroatoms. The number of fused-ring (bicyclic) bond motifs is 1. The number of H-pyrrole nitrogens is 1. The van der Waals surface area contributed by atoms with E-state index in [0.29, 0.717) is 28.2 Å². The third kappa shape index (κ3) is 3.75. The third-order valence-electron chi connectivity index (χ3n) is 2.92. The van der Waals surface area contributed by atoms with Gasteiger partial charge in [0.15, 0.2) is 11.4 Å². The number of pyridine rings is 1. The molecular formula is C17H17N3O4. The molecule has 1 N–H and O–H groups in total. The molecule has 2 aromatic heterocycles. The summed E-state index contributed by atoms with van der Waals surface area (Å²) in [6.07, 6.45) is 2.65. The van der Waals surface area contributed by atoms with Crippen LogP contribution in [0.3, 0.4) is 0 Å². The molecule has 124 valence electrons. The number of hydrogen-bond donors (Lipinski definition) is 1. The standard InChI is InChI=1S/C15H11N3O4.C2H6/c1-21-15(20)9-3-2-4-10(7-9)22-11-5-6-16-14-13(11)17-8-12(19)18-14;1-2/h2-8H,1H3,(H,16,18,19);1-2H3. The molecule has 2 heterocycles. The molecular weight excluding hydrogens is 310 g/mol. The van der Waals surface area contributed by atoms with Gasteiger partial charge in [-0.05, 0) is 18.2 Å². The van der Waals surface area contributed by atoms with Crippen LogP contribution in [0.4, 0.5) is 0 Å². The first-order chi connectivity index (χ1) is 11.7. The number of nitrogens with one attached hydrogen (secondary N) is 1. The predicted molar refractivity (Wildman–Crippen MR) is 89.4 cm³/mol. The zero-order valence-corrected chi connectivity index (χ0v) is 13.6. The van der Waals surface area contributed by atoms with Gasteiger partial charge < -0.3 is 14.5 Å². The first-order valence-electron chi connectivity index (χ1n) is 7.37. The summed E-state index contributed by atoms with van der Waals surface area (Å²) < 4.78 is 10.4. The summed E-state index contributed by atoms with van der Waals surface area (Å²) in [4.78, 5) is 33.4. The topological polar surface area (TPSA) is 94.2 Å². The maximum absolute atomic E-state index is 11.5. The van der Waals surface area contributed by atoms with Gasteiger partial charge in [0, 0.05) is 12.3 Å². The summed E-state index contributed by atoms with van der Waals surface area (Å²) >= 11 is 0. The maximum atomic E-state index is 11.5. The van der Waals surface area contributed by atoms with Crippen molar-refractivity contribution in [2.75, 3.05) is 7.11 Å². The number of esters is 1. The van der Waals surface area contributed by atoms with Crippen molar-refractivity contribution < 1.29 is 14.3 Å². The molecule has 1 aromatic carbocycles. The van der Waals surface area contributed by atoms with Crippen molar-refractivity contribution in [2.45, 2.75) is 13.8 Å². The van der Waals surface area contributed by atoms with Gasteiger partial charge in [0.05, 0.1) is 18.9 Å². The number of aromatic nitrogens is 3. The van der Waals surface area contributed by atoms with Crippen LogP contribution in [0.2, 0.25) is 0 Å². The predicted octanol–water partition coefficient (Wildman–Crippen LogP) is 2.92. The highest BCUT2D eigenvalue weighted by Gasteiger charge is 2.09. The quantitative estimate of drug-likeness (QED) is 0.743. The second kappa shape index (κ2) is 7.87. The Balaban J connectivity index is 0.00000100. The highest BCUT2D eigenvalue weighted by Crippen LogP contribution is 2.26. The molecule has 0 aliphatic carbocycles. The van der Waals surface area contributed by atoms with Crippen LogP contribution in [0.15, 0.2) is 47.5 Å². The fraction of sp³-hybridized carbons (Fsp3) is 0.176. The molecule has 0 unspecified atom stereocenters. The first kappa shape index (κ1) is 17.1. The van der Waals surface area contributed by atoms with E-state index in [4.69, 9.17) is 4.74 Å². The average molecular weight is 327 g/mol. The molecule has 0 saturated carbocycles. The number of rotatable bonds is 3. The molecule has 0 spiro atoms. The van der Waals surface area contributed by atoms with Crippen LogP contribution in [0, 0.1) is 0 Å². The van der Waals surface area contributed by atoms with Gasteiger partial charge in [0.2, 0.25) is 0 Å². The van der Waals surface area contributed by atoms with Gasteiger partial charge in [0.1, 0.15) is 11.3 Å². The highest BCUT2D eigenvalue weighted by molar-refractivity contribution is 5.89. The van der Waals surface area contributed by atoms with E-state index in [1.807, 2.05) is 13.8 Å². The van der Waals surface area contributed by atoms with E-state index in [2.05, 4.69) is 19.7 Å². The minimum Gasteiger partial charge on any atom is -0.465 e. The van der Waals surface area contributed by atoms with Crippen LogP contribution in [0.1, 0.15) is 24.2 Å². The number of carbonyl (C=O) groups excluding carboxylic acids is 1. The zero-order chi connectivity index (χ0) is 17.5. The van der Waals surface area contributed by atoms with Crippen molar-refractivity contribution in [2.24, 2.45) is 0 Å². The van der Waals surface area contributed by atoms with Crippen molar-refractivity contribution in [3.63, 3.8) is 0 Å². The Labute approximate surface area is 138 Å². The van der Waals surface area contributed by atoms with Crippen LogP contribution in [0.5, 0.6) is 11.5 Å². The molecule has 3 rings (SSSR count). The molecule has 7 nitrogen and oxygen atoms in total. The van der Waals surface area contributed by atoms with Gasteiger partial charge in [-0.1, -0.05) is 19.9 Å². The van der Waals surface area contributed by atoms with Gasteiger partial charge in [-0.25, -0.2) is 14.8 Å². The summed E-state index contributed by atoms with van der Waals surface area (Å²) in [7, 11) is 1.31. The lowest BCUT2D eigenvalue weighted by molar-refractivity contribution is 0.0600. The van der Waals surface area contributed by atoms with Crippen molar-refractivity contribution in [3.8, 4) is 11.5 Å². The molecule has 0 radical (unpaired) electrons. The van der Waals surface area contributed by atoms with Crippen molar-refractivity contribution in [1.82, 2.24) is 15.0 Å². The first-order valence-corrected chi connectivity index (χ1v) is 7.37. The molecule has 0 aliphatic heterocycles. The van der Waals surface area contributed by atoms with Crippen LogP contribution in [0.25, 0.3) is 11.2 Å². The lowest BCUT2D eigenvalue weighted by Gasteiger charge is -2.08. The van der Waals surface area contributed by atoms with Gasteiger partial charge in [-0.15, -0.1) is 0 Å². The summed E-state index contributed by atoms with van der Waals surface area (Å²) in [5.41, 5.74) is 0.782. The SMILES string of the molecule is CC.COC(=O)c1cccc(Oc2ccnc3[nH]c(=O)cnc23)c1.